The topological polar surface area (TPSA) is 99.3 Å². The van der Waals surface area contributed by atoms with Crippen molar-refractivity contribution in [1.82, 2.24) is 14.8 Å². The van der Waals surface area contributed by atoms with Crippen LogP contribution in [0, 0.1) is 10.1 Å². The number of nitrogens with zero attached hydrogens (tertiary/aromatic N) is 5. The molecule has 0 saturated heterocycles. The Hall–Kier alpha value is -3.43. The summed E-state index contributed by atoms with van der Waals surface area (Å²) in [6, 6.07) is 15.3. The molecule has 0 aliphatic carbocycles. The fraction of sp³-hybridized carbons (Fsp3) is 0.0952. The first-order chi connectivity index (χ1) is 15.0. The SMILES string of the molecule is CCn1c(Sc2ccc([N+](=O)[O-])cc2C=Nc2cccc(Cl)c2)nnc1-c1ccco1. The number of aromatic nitrogens is 3. The molecule has 0 bridgehead atoms. The molecule has 2 aromatic heterocycles. The van der Waals surface area contributed by atoms with Gasteiger partial charge in [0.2, 0.25) is 0 Å². The minimum Gasteiger partial charge on any atom is -0.461 e. The van der Waals surface area contributed by atoms with Crippen LogP contribution < -0.4 is 0 Å². The monoisotopic (exact) mass is 453 g/mol. The molecule has 0 N–H and O–H groups in total. The van der Waals surface area contributed by atoms with Gasteiger partial charge in [0.1, 0.15) is 0 Å². The second-order valence-corrected chi connectivity index (χ2v) is 7.79. The standard InChI is InChI=1S/C21H16ClN5O3S/c1-2-26-20(18-7-4-10-30-18)24-25-21(26)31-19-9-8-17(27(28)29)11-14(19)13-23-16-6-3-5-15(22)12-16/h3-13H,2H2,1H3. The second-order valence-electron chi connectivity index (χ2n) is 6.35. The number of benzene rings is 2. The number of nitro groups is 1. The van der Waals surface area contributed by atoms with E-state index in [9.17, 15) is 10.1 Å². The molecule has 0 unspecified atom stereocenters. The van der Waals surface area contributed by atoms with Gasteiger partial charge in [0.15, 0.2) is 16.7 Å². The van der Waals surface area contributed by atoms with E-state index in [2.05, 4.69) is 15.2 Å². The van der Waals surface area contributed by atoms with Crippen LogP contribution in [-0.4, -0.2) is 25.9 Å². The van der Waals surface area contributed by atoms with E-state index in [-0.39, 0.29) is 5.69 Å². The van der Waals surface area contributed by atoms with Crippen LogP contribution >= 0.6 is 23.4 Å². The number of aliphatic imine (C=N–C) groups is 1. The molecule has 0 fully saturated rings. The Kier molecular flexibility index (Phi) is 6.15. The van der Waals surface area contributed by atoms with Crippen molar-refractivity contribution in [2.45, 2.75) is 23.5 Å². The van der Waals surface area contributed by atoms with Crippen molar-refractivity contribution in [3.8, 4) is 11.6 Å². The van der Waals surface area contributed by atoms with Crippen LogP contribution in [0.3, 0.4) is 0 Å². The molecule has 4 rings (SSSR count). The van der Waals surface area contributed by atoms with Gasteiger partial charge in [-0.1, -0.05) is 17.7 Å². The fourth-order valence-corrected chi connectivity index (χ4v) is 4.03. The van der Waals surface area contributed by atoms with Crippen molar-refractivity contribution in [2.75, 3.05) is 0 Å². The molecule has 0 aliphatic heterocycles. The van der Waals surface area contributed by atoms with Crippen LogP contribution in [0.2, 0.25) is 5.02 Å². The maximum absolute atomic E-state index is 11.3. The fourth-order valence-electron chi connectivity index (χ4n) is 2.88. The van der Waals surface area contributed by atoms with Gasteiger partial charge in [0.05, 0.1) is 16.9 Å². The number of furan rings is 1. The summed E-state index contributed by atoms with van der Waals surface area (Å²) >= 11 is 7.37. The smallest absolute Gasteiger partial charge is 0.270 e. The van der Waals surface area contributed by atoms with Gasteiger partial charge in [-0.05, 0) is 55.1 Å². The molecule has 0 spiro atoms. The zero-order chi connectivity index (χ0) is 21.8. The Morgan fingerprint density at radius 2 is 2.10 bits per heavy atom. The maximum Gasteiger partial charge on any atom is 0.270 e. The van der Waals surface area contributed by atoms with Gasteiger partial charge in [0.25, 0.3) is 5.69 Å². The minimum atomic E-state index is -0.436. The zero-order valence-electron chi connectivity index (χ0n) is 16.3. The van der Waals surface area contributed by atoms with Gasteiger partial charge in [-0.25, -0.2) is 0 Å². The summed E-state index contributed by atoms with van der Waals surface area (Å²) in [5, 5.41) is 21.0. The molecule has 8 nitrogen and oxygen atoms in total. The number of halogens is 1. The molecule has 0 amide bonds. The Bertz CT molecular complexity index is 1250. The molecular weight excluding hydrogens is 438 g/mol. The van der Waals surface area contributed by atoms with Gasteiger partial charge in [-0.15, -0.1) is 10.2 Å². The molecule has 2 aromatic carbocycles. The number of hydrogen-bond donors (Lipinski definition) is 0. The van der Waals surface area contributed by atoms with E-state index in [0.717, 1.165) is 4.90 Å². The maximum atomic E-state index is 11.3. The van der Waals surface area contributed by atoms with Crippen molar-refractivity contribution in [3.63, 3.8) is 0 Å². The molecule has 4 aromatic rings. The third-order valence-electron chi connectivity index (χ3n) is 4.34. The molecule has 31 heavy (non-hydrogen) atoms. The second kappa shape index (κ2) is 9.15. The van der Waals surface area contributed by atoms with Crippen LogP contribution in [0.25, 0.3) is 11.6 Å². The van der Waals surface area contributed by atoms with Crippen LogP contribution in [0.5, 0.6) is 0 Å². The van der Waals surface area contributed by atoms with E-state index in [0.29, 0.717) is 39.6 Å². The summed E-state index contributed by atoms with van der Waals surface area (Å²) < 4.78 is 7.37. The Balaban J connectivity index is 1.71. The van der Waals surface area contributed by atoms with Crippen molar-refractivity contribution in [2.24, 2.45) is 4.99 Å². The average molecular weight is 454 g/mol. The zero-order valence-corrected chi connectivity index (χ0v) is 17.9. The van der Waals surface area contributed by atoms with Gasteiger partial charge >= 0.3 is 0 Å². The molecule has 0 atom stereocenters. The summed E-state index contributed by atoms with van der Waals surface area (Å²) in [6.45, 7) is 2.61. The van der Waals surface area contributed by atoms with Crippen molar-refractivity contribution in [3.05, 3.63) is 81.6 Å². The lowest BCUT2D eigenvalue weighted by Crippen LogP contribution is -2.00. The summed E-state index contributed by atoms with van der Waals surface area (Å²) in [7, 11) is 0. The van der Waals surface area contributed by atoms with E-state index in [1.54, 1.807) is 48.9 Å². The van der Waals surface area contributed by atoms with E-state index < -0.39 is 4.92 Å². The highest BCUT2D eigenvalue weighted by Crippen LogP contribution is 2.33. The van der Waals surface area contributed by atoms with Crippen LogP contribution in [-0.2, 0) is 6.54 Å². The first-order valence-corrected chi connectivity index (χ1v) is 10.5. The molecule has 10 heteroatoms. The molecule has 0 aliphatic rings. The van der Waals surface area contributed by atoms with Crippen molar-refractivity contribution < 1.29 is 9.34 Å². The largest absolute Gasteiger partial charge is 0.461 e. The molecule has 0 saturated carbocycles. The average Bonchev–Trinajstić information content (AvgIpc) is 3.42. The Morgan fingerprint density at radius 3 is 2.81 bits per heavy atom. The Labute approximate surface area is 186 Å². The van der Waals surface area contributed by atoms with E-state index in [4.69, 9.17) is 16.0 Å². The van der Waals surface area contributed by atoms with E-state index in [1.165, 1.54) is 23.9 Å². The summed E-state index contributed by atoms with van der Waals surface area (Å²) in [5.74, 6) is 1.23. The van der Waals surface area contributed by atoms with Crippen molar-refractivity contribution >= 4 is 41.0 Å². The number of hydrogen-bond acceptors (Lipinski definition) is 7. The van der Waals surface area contributed by atoms with E-state index >= 15 is 0 Å². The quantitative estimate of drug-likeness (QED) is 0.192. The summed E-state index contributed by atoms with van der Waals surface area (Å²) in [4.78, 5) is 16.0. The highest BCUT2D eigenvalue weighted by atomic mass is 35.5. The van der Waals surface area contributed by atoms with Crippen LogP contribution in [0.4, 0.5) is 11.4 Å². The predicted octanol–water partition coefficient (Wildman–Crippen LogP) is 6.02. The number of nitro benzene ring substituents is 1. The first kappa shape index (κ1) is 20.8. The molecular formula is C21H16ClN5O3S. The molecule has 0 radical (unpaired) electrons. The van der Waals surface area contributed by atoms with Crippen LogP contribution in [0.1, 0.15) is 12.5 Å². The van der Waals surface area contributed by atoms with Crippen LogP contribution in [0.15, 0.2) is 80.3 Å². The van der Waals surface area contributed by atoms with Gasteiger partial charge in [0, 0.05) is 40.4 Å². The number of rotatable bonds is 7. The highest BCUT2D eigenvalue weighted by molar-refractivity contribution is 7.99. The first-order valence-electron chi connectivity index (χ1n) is 9.28. The normalized spacial score (nSPS) is 11.3. The Morgan fingerprint density at radius 1 is 1.23 bits per heavy atom. The van der Waals surface area contributed by atoms with Gasteiger partial charge in [-0.2, -0.15) is 0 Å². The third kappa shape index (κ3) is 4.68. The highest BCUT2D eigenvalue weighted by Gasteiger charge is 2.18. The lowest BCUT2D eigenvalue weighted by Gasteiger charge is -2.08. The molecule has 2 heterocycles. The minimum absolute atomic E-state index is 0.0230. The summed E-state index contributed by atoms with van der Waals surface area (Å²) in [5.41, 5.74) is 1.21. The van der Waals surface area contributed by atoms with E-state index in [1.807, 2.05) is 17.6 Å². The van der Waals surface area contributed by atoms with Gasteiger partial charge in [-0.3, -0.25) is 19.7 Å². The van der Waals surface area contributed by atoms with Crippen molar-refractivity contribution in [1.29, 1.82) is 0 Å². The third-order valence-corrected chi connectivity index (χ3v) is 5.65. The lowest BCUT2D eigenvalue weighted by atomic mass is 10.2. The molecule has 156 valence electrons. The summed E-state index contributed by atoms with van der Waals surface area (Å²) in [6.07, 6.45) is 3.17. The lowest BCUT2D eigenvalue weighted by molar-refractivity contribution is -0.384. The van der Waals surface area contributed by atoms with Gasteiger partial charge < -0.3 is 4.42 Å². The number of non-ortho nitro benzene ring substituents is 1. The predicted molar refractivity (Wildman–Crippen MR) is 119 cm³/mol.